The van der Waals surface area contributed by atoms with E-state index in [1.807, 2.05) is 0 Å². The average molecular weight is 237 g/mol. The van der Waals surface area contributed by atoms with Crippen LogP contribution in [0.4, 0.5) is 0 Å². The van der Waals surface area contributed by atoms with Gasteiger partial charge in [0, 0.05) is 0 Å². The average Bonchev–Trinajstić information content (AvgIpc) is 2.84. The minimum Gasteiger partial charge on any atom is -0.316 e. The van der Waals surface area contributed by atoms with E-state index in [4.69, 9.17) is 0 Å². The zero-order chi connectivity index (χ0) is 12.4. The van der Waals surface area contributed by atoms with Crippen LogP contribution in [-0.2, 0) is 0 Å². The van der Waals surface area contributed by atoms with Gasteiger partial charge in [-0.25, -0.2) is 0 Å². The molecule has 17 heavy (non-hydrogen) atoms. The van der Waals surface area contributed by atoms with Crippen LogP contribution in [0.2, 0.25) is 0 Å². The molecule has 2 saturated carbocycles. The second kappa shape index (κ2) is 5.73. The molecule has 0 saturated heterocycles. The summed E-state index contributed by atoms with van der Waals surface area (Å²) in [5, 5.41) is 3.77. The Morgan fingerprint density at radius 2 is 1.71 bits per heavy atom. The van der Waals surface area contributed by atoms with Crippen molar-refractivity contribution in [2.75, 3.05) is 13.1 Å². The number of rotatable bonds is 6. The topological polar surface area (TPSA) is 12.0 Å². The molecular weight excluding hydrogens is 206 g/mol. The summed E-state index contributed by atoms with van der Waals surface area (Å²) in [6.45, 7) is 12.0. The number of hydrogen-bond donors (Lipinski definition) is 1. The quantitative estimate of drug-likeness (QED) is 0.738. The lowest BCUT2D eigenvalue weighted by Gasteiger charge is -2.27. The minimum absolute atomic E-state index is 0.808. The molecule has 0 spiro atoms. The third-order valence-electron chi connectivity index (χ3n) is 5.38. The monoisotopic (exact) mass is 237 g/mol. The Morgan fingerprint density at radius 1 is 1.00 bits per heavy atom. The highest BCUT2D eigenvalue weighted by atomic mass is 14.9. The summed E-state index contributed by atoms with van der Waals surface area (Å²) >= 11 is 0. The molecule has 2 bridgehead atoms. The number of hydrogen-bond acceptors (Lipinski definition) is 1. The van der Waals surface area contributed by atoms with E-state index in [0.717, 1.165) is 35.5 Å². The Labute approximate surface area is 108 Å². The van der Waals surface area contributed by atoms with Crippen molar-refractivity contribution in [3.63, 3.8) is 0 Å². The molecule has 100 valence electrons. The van der Waals surface area contributed by atoms with Gasteiger partial charge in [-0.3, -0.25) is 0 Å². The number of nitrogens with one attached hydrogen (secondary N) is 1. The second-order valence-electron chi connectivity index (χ2n) is 7.25. The van der Waals surface area contributed by atoms with Crippen LogP contribution in [0.1, 0.15) is 53.4 Å². The summed E-state index contributed by atoms with van der Waals surface area (Å²) in [4.78, 5) is 0. The van der Waals surface area contributed by atoms with E-state index in [-0.39, 0.29) is 0 Å². The maximum absolute atomic E-state index is 3.77. The molecule has 2 aliphatic carbocycles. The summed E-state index contributed by atoms with van der Waals surface area (Å²) in [6, 6.07) is 0. The second-order valence-corrected chi connectivity index (χ2v) is 7.25. The Hall–Kier alpha value is -0.0400. The van der Waals surface area contributed by atoms with E-state index in [9.17, 15) is 0 Å². The molecule has 0 aromatic carbocycles. The van der Waals surface area contributed by atoms with Crippen LogP contribution < -0.4 is 5.32 Å². The van der Waals surface area contributed by atoms with E-state index in [1.165, 1.54) is 32.4 Å². The van der Waals surface area contributed by atoms with Gasteiger partial charge in [-0.2, -0.15) is 0 Å². The molecule has 2 aliphatic rings. The van der Waals surface area contributed by atoms with Crippen LogP contribution in [0.15, 0.2) is 0 Å². The van der Waals surface area contributed by atoms with Gasteiger partial charge in [0.2, 0.25) is 0 Å². The predicted molar refractivity (Wildman–Crippen MR) is 75.0 cm³/mol. The lowest BCUT2D eigenvalue weighted by molar-refractivity contribution is 0.255. The van der Waals surface area contributed by atoms with Crippen molar-refractivity contribution in [3.05, 3.63) is 0 Å². The fourth-order valence-electron chi connectivity index (χ4n) is 4.30. The van der Waals surface area contributed by atoms with Crippen molar-refractivity contribution < 1.29 is 0 Å². The summed E-state index contributed by atoms with van der Waals surface area (Å²) in [5.41, 5.74) is 0. The van der Waals surface area contributed by atoms with Crippen molar-refractivity contribution in [1.82, 2.24) is 5.32 Å². The molecule has 2 fully saturated rings. The zero-order valence-corrected chi connectivity index (χ0v) is 12.2. The predicted octanol–water partition coefficient (Wildman–Crippen LogP) is 3.94. The Kier molecular flexibility index (Phi) is 4.52. The third-order valence-corrected chi connectivity index (χ3v) is 5.38. The van der Waals surface area contributed by atoms with E-state index in [1.54, 1.807) is 6.42 Å². The van der Waals surface area contributed by atoms with Crippen LogP contribution >= 0.6 is 0 Å². The highest BCUT2D eigenvalue weighted by molar-refractivity contribution is 4.90. The first-order valence-corrected chi connectivity index (χ1v) is 7.78. The smallest absolute Gasteiger partial charge is 0.00155 e. The number of fused-ring (bicyclic) bond motifs is 2. The molecule has 0 aliphatic heterocycles. The molecule has 1 nitrogen and oxygen atoms in total. The molecule has 0 radical (unpaired) electrons. The van der Waals surface area contributed by atoms with Gasteiger partial charge < -0.3 is 5.32 Å². The Bertz CT molecular complexity index is 226. The standard InChI is InChI=1S/C16H31N/c1-11(2)16(12(3)4)10-17-9-15-8-13-5-6-14(15)7-13/h11-17H,5-10H2,1-4H3. The molecule has 0 aromatic heterocycles. The van der Waals surface area contributed by atoms with Crippen LogP contribution in [-0.4, -0.2) is 13.1 Å². The van der Waals surface area contributed by atoms with Gasteiger partial charge >= 0.3 is 0 Å². The largest absolute Gasteiger partial charge is 0.316 e. The SMILES string of the molecule is CC(C)C(CNCC1CC2CCC1C2)C(C)C. The molecule has 1 N–H and O–H groups in total. The molecule has 0 aromatic rings. The molecule has 2 rings (SSSR count). The van der Waals surface area contributed by atoms with Crippen LogP contribution in [0.25, 0.3) is 0 Å². The van der Waals surface area contributed by atoms with Gasteiger partial charge in [0.05, 0.1) is 0 Å². The lowest BCUT2D eigenvalue weighted by atomic mass is 9.85. The van der Waals surface area contributed by atoms with Crippen molar-refractivity contribution >= 4 is 0 Å². The fourth-order valence-corrected chi connectivity index (χ4v) is 4.30. The van der Waals surface area contributed by atoms with Gasteiger partial charge in [-0.1, -0.05) is 34.1 Å². The van der Waals surface area contributed by atoms with E-state index < -0.39 is 0 Å². The minimum atomic E-state index is 0.808. The maximum Gasteiger partial charge on any atom is -0.00155 e. The summed E-state index contributed by atoms with van der Waals surface area (Å²) in [6.07, 6.45) is 6.12. The third kappa shape index (κ3) is 3.24. The first-order valence-electron chi connectivity index (χ1n) is 7.78. The maximum atomic E-state index is 3.77. The molecule has 0 heterocycles. The Morgan fingerprint density at radius 3 is 2.18 bits per heavy atom. The Balaban J connectivity index is 1.68. The first kappa shape index (κ1) is 13.4. The first-order chi connectivity index (χ1) is 8.08. The van der Waals surface area contributed by atoms with Crippen LogP contribution in [0, 0.1) is 35.5 Å². The molecule has 3 atom stereocenters. The van der Waals surface area contributed by atoms with Crippen molar-refractivity contribution in [1.29, 1.82) is 0 Å². The lowest BCUT2D eigenvalue weighted by Crippen LogP contribution is -2.34. The van der Waals surface area contributed by atoms with Gasteiger partial charge in [0.15, 0.2) is 0 Å². The molecule has 1 heteroatoms. The van der Waals surface area contributed by atoms with Crippen molar-refractivity contribution in [2.24, 2.45) is 35.5 Å². The summed E-state index contributed by atoms with van der Waals surface area (Å²) in [5.74, 6) is 5.63. The van der Waals surface area contributed by atoms with Gasteiger partial charge in [0.1, 0.15) is 0 Å². The van der Waals surface area contributed by atoms with E-state index in [2.05, 4.69) is 33.0 Å². The van der Waals surface area contributed by atoms with Crippen molar-refractivity contribution in [3.8, 4) is 0 Å². The highest BCUT2D eigenvalue weighted by Gasteiger charge is 2.38. The zero-order valence-electron chi connectivity index (χ0n) is 12.2. The van der Waals surface area contributed by atoms with Crippen LogP contribution in [0.5, 0.6) is 0 Å². The van der Waals surface area contributed by atoms with E-state index >= 15 is 0 Å². The van der Waals surface area contributed by atoms with Crippen LogP contribution in [0.3, 0.4) is 0 Å². The molecule has 3 unspecified atom stereocenters. The van der Waals surface area contributed by atoms with Gasteiger partial charge in [0.25, 0.3) is 0 Å². The van der Waals surface area contributed by atoms with E-state index in [0.29, 0.717) is 0 Å². The van der Waals surface area contributed by atoms with Gasteiger partial charge in [-0.05, 0) is 67.9 Å². The summed E-state index contributed by atoms with van der Waals surface area (Å²) in [7, 11) is 0. The summed E-state index contributed by atoms with van der Waals surface area (Å²) < 4.78 is 0. The van der Waals surface area contributed by atoms with Gasteiger partial charge in [-0.15, -0.1) is 0 Å². The molecule has 0 amide bonds. The normalized spacial score (nSPS) is 32.3. The highest BCUT2D eigenvalue weighted by Crippen LogP contribution is 2.47. The fraction of sp³-hybridized carbons (Fsp3) is 1.00. The molecular formula is C16H31N. The van der Waals surface area contributed by atoms with Crippen molar-refractivity contribution in [2.45, 2.75) is 53.4 Å².